The third-order valence-corrected chi connectivity index (χ3v) is 5.25. The highest BCUT2D eigenvalue weighted by atomic mass is 16.7. The molecule has 36 heavy (non-hydrogen) atoms. The second-order valence-corrected chi connectivity index (χ2v) is 8.18. The second kappa shape index (κ2) is 12.8. The average Bonchev–Trinajstić information content (AvgIpc) is 2.78. The average molecular weight is 506 g/mol. The summed E-state index contributed by atoms with van der Waals surface area (Å²) in [5.41, 5.74) is 1.60. The van der Waals surface area contributed by atoms with Crippen LogP contribution in [0.2, 0.25) is 0 Å². The van der Waals surface area contributed by atoms with Crippen molar-refractivity contribution in [1.29, 1.82) is 0 Å². The quantitative estimate of drug-likeness (QED) is 0.361. The number of rotatable bonds is 9. The fourth-order valence-corrected chi connectivity index (χ4v) is 3.79. The minimum absolute atomic E-state index is 0.0422. The van der Waals surface area contributed by atoms with Gasteiger partial charge in [0.2, 0.25) is 5.91 Å². The maximum atomic E-state index is 12.8. The van der Waals surface area contributed by atoms with Crippen LogP contribution >= 0.6 is 0 Å². The first kappa shape index (κ1) is 28.5. The lowest BCUT2D eigenvalue weighted by Crippen LogP contribution is -2.66. The van der Waals surface area contributed by atoms with Crippen LogP contribution in [0.4, 0.5) is 0 Å². The van der Waals surface area contributed by atoms with Crippen molar-refractivity contribution in [3.05, 3.63) is 42.0 Å². The Morgan fingerprint density at radius 1 is 0.833 bits per heavy atom. The summed E-state index contributed by atoms with van der Waals surface area (Å²) < 4.78 is 27.4. The summed E-state index contributed by atoms with van der Waals surface area (Å²) in [7, 11) is 0. The van der Waals surface area contributed by atoms with Crippen LogP contribution in [0.1, 0.15) is 45.7 Å². The van der Waals surface area contributed by atoms with Gasteiger partial charge in [0.05, 0.1) is 0 Å². The molecule has 1 aliphatic rings. The Morgan fingerprint density at radius 3 is 1.83 bits per heavy atom. The van der Waals surface area contributed by atoms with E-state index in [1.807, 2.05) is 12.1 Å². The predicted octanol–water partition coefficient (Wildman–Crippen LogP) is 1.76. The van der Waals surface area contributed by atoms with Crippen LogP contribution in [0.15, 0.2) is 30.8 Å². The Balaban J connectivity index is 2.55. The van der Waals surface area contributed by atoms with Gasteiger partial charge >= 0.3 is 23.9 Å². The molecule has 1 fully saturated rings. The van der Waals surface area contributed by atoms with Crippen LogP contribution in [0.25, 0.3) is 6.08 Å². The molecule has 1 heterocycles. The number of carbonyl (C=O) groups is 5. The highest BCUT2D eigenvalue weighted by Crippen LogP contribution is 2.32. The molecule has 0 radical (unpaired) electrons. The molecule has 1 aliphatic heterocycles. The van der Waals surface area contributed by atoms with Crippen molar-refractivity contribution in [2.24, 2.45) is 0 Å². The molecule has 0 bridgehead atoms. The molecule has 0 aliphatic carbocycles. The normalized spacial score (nSPS) is 23.1. The van der Waals surface area contributed by atoms with Crippen molar-refractivity contribution >= 4 is 35.9 Å². The van der Waals surface area contributed by atoms with E-state index >= 15 is 0 Å². The summed E-state index contributed by atoms with van der Waals surface area (Å²) in [6, 6.07) is 7.21. The van der Waals surface area contributed by atoms with E-state index in [9.17, 15) is 24.0 Å². The van der Waals surface area contributed by atoms with E-state index in [1.165, 1.54) is 18.7 Å². The Morgan fingerprint density at radius 2 is 1.36 bits per heavy atom. The maximum absolute atomic E-state index is 12.8. The Kier molecular flexibility index (Phi) is 10.2. The van der Waals surface area contributed by atoms with Crippen LogP contribution in [0, 0.1) is 0 Å². The zero-order chi connectivity index (χ0) is 27.0. The first-order valence-corrected chi connectivity index (χ1v) is 11.2. The van der Waals surface area contributed by atoms with Crippen molar-refractivity contribution in [1.82, 2.24) is 4.90 Å². The lowest BCUT2D eigenvalue weighted by molar-refractivity contribution is -0.276. The minimum atomic E-state index is -1.36. The molecule has 0 spiro atoms. The molecular formula is C25H31NO10. The summed E-state index contributed by atoms with van der Waals surface area (Å²) in [5.74, 6) is -3.31. The number of esters is 4. The molecule has 196 valence electrons. The molecule has 0 N–H and O–H groups in total. The maximum Gasteiger partial charge on any atom is 0.303 e. The van der Waals surface area contributed by atoms with Crippen LogP contribution in [0.5, 0.6) is 0 Å². The second-order valence-electron chi connectivity index (χ2n) is 8.18. The van der Waals surface area contributed by atoms with E-state index in [4.69, 9.17) is 23.7 Å². The van der Waals surface area contributed by atoms with Crippen molar-refractivity contribution in [2.75, 3.05) is 6.61 Å². The zero-order valence-corrected chi connectivity index (χ0v) is 20.9. The number of hydrogen-bond donors (Lipinski definition) is 0. The third-order valence-electron chi connectivity index (χ3n) is 5.25. The number of amides is 1. The topological polar surface area (TPSA) is 135 Å². The summed E-state index contributed by atoms with van der Waals surface area (Å²) in [5, 5.41) is 0. The molecule has 2 rings (SSSR count). The van der Waals surface area contributed by atoms with Gasteiger partial charge in [-0.3, -0.25) is 24.0 Å². The number of ether oxygens (including phenoxy) is 5. The van der Waals surface area contributed by atoms with Gasteiger partial charge in [0, 0.05) is 41.2 Å². The predicted molar refractivity (Wildman–Crippen MR) is 125 cm³/mol. The van der Waals surface area contributed by atoms with Crippen LogP contribution in [0.3, 0.4) is 0 Å². The van der Waals surface area contributed by atoms with Gasteiger partial charge in [0.1, 0.15) is 12.7 Å². The molecule has 11 nitrogen and oxygen atoms in total. The van der Waals surface area contributed by atoms with Crippen molar-refractivity contribution < 1.29 is 47.7 Å². The molecule has 1 aromatic rings. The molecule has 0 aromatic heterocycles. The summed E-state index contributed by atoms with van der Waals surface area (Å²) in [4.78, 5) is 61.4. The monoisotopic (exact) mass is 505 g/mol. The van der Waals surface area contributed by atoms with Gasteiger partial charge in [-0.25, -0.2) is 0 Å². The van der Waals surface area contributed by atoms with Crippen molar-refractivity contribution in [3.8, 4) is 0 Å². The van der Waals surface area contributed by atoms with E-state index in [-0.39, 0.29) is 13.2 Å². The molecule has 11 heteroatoms. The molecular weight excluding hydrogens is 474 g/mol. The van der Waals surface area contributed by atoms with Crippen molar-refractivity contribution in [2.45, 2.75) is 71.8 Å². The molecule has 0 saturated carbocycles. The number of benzene rings is 1. The van der Waals surface area contributed by atoms with Gasteiger partial charge < -0.3 is 28.6 Å². The van der Waals surface area contributed by atoms with E-state index in [0.717, 1.165) is 31.9 Å². The zero-order valence-electron chi connectivity index (χ0n) is 20.9. The molecule has 1 amide bonds. The lowest BCUT2D eigenvalue weighted by atomic mass is 9.96. The first-order valence-electron chi connectivity index (χ1n) is 11.2. The van der Waals surface area contributed by atoms with Gasteiger partial charge in [-0.2, -0.15) is 0 Å². The van der Waals surface area contributed by atoms with E-state index in [2.05, 4.69) is 6.58 Å². The molecule has 1 aromatic carbocycles. The van der Waals surface area contributed by atoms with E-state index < -0.39 is 60.4 Å². The Bertz CT molecular complexity index is 989. The van der Waals surface area contributed by atoms with E-state index in [0.29, 0.717) is 0 Å². The fourth-order valence-electron chi connectivity index (χ4n) is 3.79. The first-order chi connectivity index (χ1) is 16.9. The lowest BCUT2D eigenvalue weighted by Gasteiger charge is -2.47. The number of carbonyl (C=O) groups excluding carboxylic acids is 5. The van der Waals surface area contributed by atoms with E-state index in [1.54, 1.807) is 18.2 Å². The smallest absolute Gasteiger partial charge is 0.303 e. The summed E-state index contributed by atoms with van der Waals surface area (Å²) in [6.07, 6.45) is -4.77. The minimum Gasteiger partial charge on any atom is -0.463 e. The highest BCUT2D eigenvalue weighted by molar-refractivity contribution is 5.74. The molecule has 0 unspecified atom stereocenters. The van der Waals surface area contributed by atoms with Crippen molar-refractivity contribution in [3.63, 3.8) is 0 Å². The fraction of sp³-hybridized carbons (Fsp3) is 0.480. The Labute approximate surface area is 209 Å². The third kappa shape index (κ3) is 7.91. The summed E-state index contributed by atoms with van der Waals surface area (Å²) in [6.45, 7) is 9.26. The van der Waals surface area contributed by atoms with Gasteiger partial charge in [-0.15, -0.1) is 0 Å². The standard InChI is InChI=1S/C25H31NO10/c1-7-19-8-10-20(11-9-19)12-26(14(2)27)25-24(35-18(6)31)23(34-17(5)30)22(33-16(4)29)21(36-25)13-32-15(3)28/h7-11,21-25H,1,12-13H2,2-6H3/t21-,22-,23+,24-,25-/m1/s1. The Hall–Kier alpha value is -3.73. The van der Waals surface area contributed by atoms with Crippen LogP contribution in [-0.2, 0) is 54.2 Å². The van der Waals surface area contributed by atoms with Gasteiger partial charge in [0.25, 0.3) is 0 Å². The number of nitrogens with zero attached hydrogens (tertiary/aromatic N) is 1. The van der Waals surface area contributed by atoms with Crippen LogP contribution in [-0.4, -0.2) is 71.9 Å². The number of hydrogen-bond acceptors (Lipinski definition) is 10. The largest absolute Gasteiger partial charge is 0.463 e. The SMILES string of the molecule is C=Cc1ccc(CN(C(C)=O)[C@@H]2O[C@H](COC(C)=O)[C@@H](OC(C)=O)[C@H](OC(C)=O)[C@H]2OC(C)=O)cc1. The highest BCUT2D eigenvalue weighted by Gasteiger charge is 2.54. The van der Waals surface area contributed by atoms with Gasteiger partial charge in [0.15, 0.2) is 24.5 Å². The van der Waals surface area contributed by atoms with Gasteiger partial charge in [-0.1, -0.05) is 36.9 Å². The van der Waals surface area contributed by atoms with Gasteiger partial charge in [-0.05, 0) is 11.1 Å². The molecule has 5 atom stereocenters. The molecule has 1 saturated heterocycles. The van der Waals surface area contributed by atoms with Crippen LogP contribution < -0.4 is 0 Å². The summed E-state index contributed by atoms with van der Waals surface area (Å²) >= 11 is 0.